The summed E-state index contributed by atoms with van der Waals surface area (Å²) in [5.41, 5.74) is -0.111. The lowest BCUT2D eigenvalue weighted by Gasteiger charge is -2.25. The number of ketones is 1. The van der Waals surface area contributed by atoms with Crippen LogP contribution in [-0.4, -0.2) is 18.5 Å². The fraction of sp³-hybridized carbons (Fsp3) is 0.462. The third-order valence-corrected chi connectivity index (χ3v) is 3.82. The highest BCUT2D eigenvalue weighted by Gasteiger charge is 2.31. The molecule has 1 aromatic rings. The topological polar surface area (TPSA) is 26.3 Å². The Hall–Kier alpha value is -0.570. The molecule has 1 aromatic carbocycles. The van der Waals surface area contributed by atoms with Gasteiger partial charge in [-0.2, -0.15) is 0 Å². The highest BCUT2D eigenvalue weighted by Crippen LogP contribution is 2.27. The Morgan fingerprint density at radius 2 is 1.88 bits per heavy atom. The van der Waals surface area contributed by atoms with E-state index >= 15 is 0 Å². The molecule has 0 amide bonds. The summed E-state index contributed by atoms with van der Waals surface area (Å²) < 4.78 is 5.26. The summed E-state index contributed by atoms with van der Waals surface area (Å²) in [7, 11) is 1.54. The van der Waals surface area contributed by atoms with Crippen LogP contribution in [0.1, 0.15) is 25.8 Å². The number of benzene rings is 1. The SMILES string of the molecule is CCC(C)(OC)C(=O)Cc1c(Cl)cccc1Cl. The summed E-state index contributed by atoms with van der Waals surface area (Å²) in [6, 6.07) is 5.21. The molecule has 0 N–H and O–H groups in total. The second-order valence-corrected chi connectivity index (χ2v) is 4.90. The molecular weight excluding hydrogens is 259 g/mol. The second-order valence-electron chi connectivity index (χ2n) is 4.09. The molecule has 0 aliphatic heterocycles. The normalized spacial score (nSPS) is 14.4. The molecule has 0 aliphatic carbocycles. The summed E-state index contributed by atoms with van der Waals surface area (Å²) >= 11 is 12.1. The summed E-state index contributed by atoms with van der Waals surface area (Å²) in [6.45, 7) is 3.69. The van der Waals surface area contributed by atoms with Crippen molar-refractivity contribution in [3.63, 3.8) is 0 Å². The van der Waals surface area contributed by atoms with Crippen molar-refractivity contribution in [2.24, 2.45) is 0 Å². The standard InChI is InChI=1S/C13H16Cl2O2/c1-4-13(2,17-3)12(16)8-9-10(14)6-5-7-11(9)15/h5-7H,4,8H2,1-3H3. The van der Waals surface area contributed by atoms with Crippen LogP contribution in [0.3, 0.4) is 0 Å². The molecule has 1 atom stereocenters. The summed E-state index contributed by atoms with van der Waals surface area (Å²) in [4.78, 5) is 12.2. The van der Waals surface area contributed by atoms with Crippen molar-refractivity contribution in [2.75, 3.05) is 7.11 Å². The smallest absolute Gasteiger partial charge is 0.168 e. The van der Waals surface area contributed by atoms with Crippen molar-refractivity contribution in [1.29, 1.82) is 0 Å². The number of carbonyl (C=O) groups is 1. The Morgan fingerprint density at radius 3 is 2.29 bits per heavy atom. The number of ether oxygens (including phenoxy) is 1. The van der Waals surface area contributed by atoms with Crippen molar-refractivity contribution in [3.8, 4) is 0 Å². The Balaban J connectivity index is 2.96. The maximum atomic E-state index is 12.2. The van der Waals surface area contributed by atoms with Crippen LogP contribution in [0.5, 0.6) is 0 Å². The molecule has 0 fully saturated rings. The zero-order valence-corrected chi connectivity index (χ0v) is 11.7. The quantitative estimate of drug-likeness (QED) is 0.814. The first kappa shape index (κ1) is 14.5. The van der Waals surface area contributed by atoms with Crippen molar-refractivity contribution in [3.05, 3.63) is 33.8 Å². The van der Waals surface area contributed by atoms with Crippen LogP contribution in [0.15, 0.2) is 18.2 Å². The van der Waals surface area contributed by atoms with Crippen molar-refractivity contribution in [2.45, 2.75) is 32.3 Å². The van der Waals surface area contributed by atoms with E-state index in [-0.39, 0.29) is 12.2 Å². The van der Waals surface area contributed by atoms with Crippen molar-refractivity contribution >= 4 is 29.0 Å². The van der Waals surface area contributed by atoms with Gasteiger partial charge in [-0.15, -0.1) is 0 Å². The number of carbonyl (C=O) groups excluding carboxylic acids is 1. The van der Waals surface area contributed by atoms with Gasteiger partial charge in [0, 0.05) is 23.6 Å². The van der Waals surface area contributed by atoms with Crippen LogP contribution >= 0.6 is 23.2 Å². The molecule has 2 nitrogen and oxygen atoms in total. The van der Waals surface area contributed by atoms with E-state index in [9.17, 15) is 4.79 Å². The number of hydrogen-bond donors (Lipinski definition) is 0. The lowest BCUT2D eigenvalue weighted by atomic mass is 9.92. The predicted octanol–water partition coefficient (Wildman–Crippen LogP) is 3.92. The van der Waals surface area contributed by atoms with E-state index in [0.29, 0.717) is 22.0 Å². The number of rotatable bonds is 5. The predicted molar refractivity (Wildman–Crippen MR) is 70.9 cm³/mol. The van der Waals surface area contributed by atoms with E-state index in [2.05, 4.69) is 0 Å². The molecule has 17 heavy (non-hydrogen) atoms. The molecule has 0 aliphatic rings. The van der Waals surface area contributed by atoms with E-state index in [4.69, 9.17) is 27.9 Å². The highest BCUT2D eigenvalue weighted by atomic mass is 35.5. The van der Waals surface area contributed by atoms with E-state index in [1.165, 1.54) is 7.11 Å². The Labute approximate surface area is 112 Å². The van der Waals surface area contributed by atoms with Crippen LogP contribution in [0.4, 0.5) is 0 Å². The average molecular weight is 275 g/mol. The Kier molecular flexibility index (Phi) is 4.99. The molecule has 0 radical (unpaired) electrons. The average Bonchev–Trinajstić information content (AvgIpc) is 2.32. The van der Waals surface area contributed by atoms with Gasteiger partial charge in [-0.25, -0.2) is 0 Å². The largest absolute Gasteiger partial charge is 0.371 e. The minimum absolute atomic E-state index is 0.0162. The van der Waals surface area contributed by atoms with Crippen molar-refractivity contribution < 1.29 is 9.53 Å². The summed E-state index contributed by atoms with van der Waals surface area (Å²) in [5, 5.41) is 1.03. The summed E-state index contributed by atoms with van der Waals surface area (Å²) in [6.07, 6.45) is 0.807. The van der Waals surface area contributed by atoms with Gasteiger partial charge in [0.05, 0.1) is 0 Å². The second kappa shape index (κ2) is 5.85. The van der Waals surface area contributed by atoms with Crippen LogP contribution < -0.4 is 0 Å². The maximum Gasteiger partial charge on any atom is 0.168 e. The van der Waals surface area contributed by atoms with Crippen LogP contribution in [0, 0.1) is 0 Å². The monoisotopic (exact) mass is 274 g/mol. The molecule has 4 heteroatoms. The van der Waals surface area contributed by atoms with Gasteiger partial charge in [0.1, 0.15) is 5.60 Å². The van der Waals surface area contributed by atoms with Gasteiger partial charge in [0.15, 0.2) is 5.78 Å². The molecule has 1 rings (SSSR count). The molecular formula is C13H16Cl2O2. The third-order valence-electron chi connectivity index (χ3n) is 3.11. The van der Waals surface area contributed by atoms with Gasteiger partial charge in [-0.1, -0.05) is 36.2 Å². The third kappa shape index (κ3) is 3.21. The van der Waals surface area contributed by atoms with E-state index < -0.39 is 5.60 Å². The lowest BCUT2D eigenvalue weighted by Crippen LogP contribution is -2.38. The molecule has 94 valence electrons. The van der Waals surface area contributed by atoms with Gasteiger partial charge >= 0.3 is 0 Å². The first-order valence-corrected chi connectivity index (χ1v) is 6.21. The van der Waals surface area contributed by atoms with Crippen LogP contribution in [-0.2, 0) is 16.0 Å². The fourth-order valence-electron chi connectivity index (χ4n) is 1.50. The van der Waals surface area contributed by atoms with E-state index in [1.807, 2.05) is 6.92 Å². The lowest BCUT2D eigenvalue weighted by molar-refractivity contribution is -0.138. The molecule has 0 saturated carbocycles. The first-order valence-electron chi connectivity index (χ1n) is 5.46. The van der Waals surface area contributed by atoms with Crippen LogP contribution in [0.2, 0.25) is 10.0 Å². The maximum absolute atomic E-state index is 12.2. The number of methoxy groups -OCH3 is 1. The number of hydrogen-bond acceptors (Lipinski definition) is 2. The van der Waals surface area contributed by atoms with E-state index in [1.54, 1.807) is 25.1 Å². The highest BCUT2D eigenvalue weighted by molar-refractivity contribution is 6.36. The molecule has 0 heterocycles. The van der Waals surface area contributed by atoms with Gasteiger partial charge < -0.3 is 4.74 Å². The minimum Gasteiger partial charge on any atom is -0.371 e. The molecule has 0 saturated heterocycles. The molecule has 0 spiro atoms. The van der Waals surface area contributed by atoms with Gasteiger partial charge in [-0.05, 0) is 31.0 Å². The zero-order chi connectivity index (χ0) is 13.1. The first-order chi connectivity index (χ1) is 7.94. The van der Waals surface area contributed by atoms with Gasteiger partial charge in [-0.3, -0.25) is 4.79 Å². The van der Waals surface area contributed by atoms with Crippen molar-refractivity contribution in [1.82, 2.24) is 0 Å². The zero-order valence-electron chi connectivity index (χ0n) is 10.2. The Bertz CT molecular complexity index is 392. The molecule has 1 unspecified atom stereocenters. The Morgan fingerprint density at radius 1 is 1.35 bits per heavy atom. The van der Waals surface area contributed by atoms with Crippen LogP contribution in [0.25, 0.3) is 0 Å². The van der Waals surface area contributed by atoms with Gasteiger partial charge in [0.25, 0.3) is 0 Å². The number of halogens is 2. The van der Waals surface area contributed by atoms with Gasteiger partial charge in [0.2, 0.25) is 0 Å². The number of Topliss-reactive ketones (excluding diaryl/α,β-unsaturated/α-hetero) is 1. The van der Waals surface area contributed by atoms with E-state index in [0.717, 1.165) is 0 Å². The molecule has 0 bridgehead atoms. The summed E-state index contributed by atoms with van der Waals surface area (Å²) in [5.74, 6) is -0.0162. The fourth-order valence-corrected chi connectivity index (χ4v) is 2.04. The molecule has 0 aromatic heterocycles. The minimum atomic E-state index is -0.775.